The van der Waals surface area contributed by atoms with Crippen molar-refractivity contribution in [1.82, 2.24) is 19.4 Å². The van der Waals surface area contributed by atoms with Crippen molar-refractivity contribution in [2.45, 2.75) is 18.5 Å². The predicted molar refractivity (Wildman–Crippen MR) is 138 cm³/mol. The zero-order chi connectivity index (χ0) is 28.7. The van der Waals surface area contributed by atoms with E-state index in [0.717, 1.165) is 21.9 Å². The van der Waals surface area contributed by atoms with E-state index in [4.69, 9.17) is 0 Å². The number of hydrogen-bond donors (Lipinski definition) is 0. The molecule has 3 heterocycles. The molecule has 0 unspecified atom stereocenters. The number of nitrogens with zero attached hydrogens (tertiary/aromatic N) is 5. The van der Waals surface area contributed by atoms with Crippen LogP contribution in [0, 0.1) is 0 Å². The molecule has 1 aromatic heterocycles. The Labute approximate surface area is 227 Å². The summed E-state index contributed by atoms with van der Waals surface area (Å²) in [4.78, 5) is 34.8. The number of imidazole rings is 1. The van der Waals surface area contributed by atoms with Crippen LogP contribution in [-0.4, -0.2) is 76.9 Å². The third kappa shape index (κ3) is 5.23. The molecule has 0 atom stereocenters. The Bertz CT molecular complexity index is 1440. The largest absolute Gasteiger partial charge is 0.434 e. The first-order valence-corrected chi connectivity index (χ1v) is 12.7. The Balaban J connectivity index is 1.56. The smallest absolute Gasteiger partial charge is 0.337 e. The molecule has 12 heteroatoms. The third-order valence-electron chi connectivity index (χ3n) is 7.13. The van der Waals surface area contributed by atoms with E-state index >= 15 is 8.78 Å². The fourth-order valence-electron chi connectivity index (χ4n) is 4.96. The quantitative estimate of drug-likeness (QED) is 0.344. The number of aromatic nitrogens is 2. The summed E-state index contributed by atoms with van der Waals surface area (Å²) in [6, 6.07) is 13.3. The zero-order valence-electron chi connectivity index (χ0n) is 21.5. The summed E-state index contributed by atoms with van der Waals surface area (Å²) in [5, 5.41) is 0. The lowest BCUT2D eigenvalue weighted by atomic mass is 9.96. The molecule has 40 heavy (non-hydrogen) atoms. The molecular formula is C28H26F5N5O2. The number of likely N-dealkylation sites (N-methyl/N-ethyl adjacent to an activating group) is 1. The van der Waals surface area contributed by atoms with Crippen LogP contribution in [-0.2, 0) is 11.0 Å². The van der Waals surface area contributed by atoms with Gasteiger partial charge in [-0.1, -0.05) is 36.4 Å². The summed E-state index contributed by atoms with van der Waals surface area (Å²) in [7, 11) is 1.90. The van der Waals surface area contributed by atoms with Crippen molar-refractivity contribution in [3.05, 3.63) is 84.0 Å². The maximum absolute atomic E-state index is 15.5. The molecule has 1 saturated heterocycles. The lowest BCUT2D eigenvalue weighted by molar-refractivity contribution is -0.142. The molecule has 0 bridgehead atoms. The van der Waals surface area contributed by atoms with Crippen LogP contribution in [0.15, 0.2) is 67.0 Å². The molecule has 5 rings (SSSR count). The van der Waals surface area contributed by atoms with Gasteiger partial charge in [0.15, 0.2) is 11.4 Å². The molecule has 2 aliphatic heterocycles. The van der Waals surface area contributed by atoms with Gasteiger partial charge in [0, 0.05) is 62.0 Å². The molecular weight excluding hydrogens is 533 g/mol. The summed E-state index contributed by atoms with van der Waals surface area (Å²) in [6.45, 7) is 1.36. The highest BCUT2D eigenvalue weighted by atomic mass is 19.4. The number of alkyl halides is 5. The van der Waals surface area contributed by atoms with Crippen molar-refractivity contribution < 1.29 is 31.5 Å². The molecule has 0 N–H and O–H groups in total. The van der Waals surface area contributed by atoms with Gasteiger partial charge < -0.3 is 14.7 Å². The number of benzene rings is 2. The molecule has 2 aromatic carbocycles. The lowest BCUT2D eigenvalue weighted by Crippen LogP contribution is -2.46. The van der Waals surface area contributed by atoms with E-state index in [1.54, 1.807) is 18.2 Å². The van der Waals surface area contributed by atoms with E-state index in [0.29, 0.717) is 26.2 Å². The van der Waals surface area contributed by atoms with Crippen LogP contribution in [0.2, 0.25) is 0 Å². The van der Waals surface area contributed by atoms with Gasteiger partial charge in [-0.05, 0) is 25.2 Å². The summed E-state index contributed by atoms with van der Waals surface area (Å²) < 4.78 is 74.6. The number of halogens is 5. The maximum Gasteiger partial charge on any atom is 0.434 e. The minimum atomic E-state index is -4.97. The molecule has 2 aliphatic rings. The van der Waals surface area contributed by atoms with Crippen molar-refractivity contribution >= 4 is 23.1 Å². The van der Waals surface area contributed by atoms with Gasteiger partial charge in [0.25, 0.3) is 11.8 Å². The summed E-state index contributed by atoms with van der Waals surface area (Å²) in [6.07, 6.45) is -4.07. The van der Waals surface area contributed by atoms with Crippen LogP contribution >= 0.6 is 0 Å². The highest BCUT2D eigenvalue weighted by Crippen LogP contribution is 2.44. The number of fused-ring (bicyclic) bond motifs is 1. The van der Waals surface area contributed by atoms with E-state index in [1.807, 2.05) is 11.9 Å². The molecule has 2 amide bonds. The Hall–Kier alpha value is -4.06. The summed E-state index contributed by atoms with van der Waals surface area (Å²) in [5.74, 6) is -5.28. The number of hydrogen-bond acceptors (Lipinski definition) is 4. The van der Waals surface area contributed by atoms with Gasteiger partial charge in [0.05, 0.1) is 5.69 Å². The fraction of sp³-hybridized carbons (Fsp3) is 0.321. The van der Waals surface area contributed by atoms with E-state index < -0.39 is 53.8 Å². The van der Waals surface area contributed by atoms with E-state index in [9.17, 15) is 22.8 Å². The molecule has 0 saturated carbocycles. The second-order valence-electron chi connectivity index (χ2n) is 9.76. The van der Waals surface area contributed by atoms with Crippen molar-refractivity contribution in [3.8, 4) is 5.69 Å². The average molecular weight is 560 g/mol. The Kier molecular flexibility index (Phi) is 7.21. The van der Waals surface area contributed by atoms with Gasteiger partial charge in [0.2, 0.25) is 5.91 Å². The predicted octanol–water partition coefficient (Wildman–Crippen LogP) is 4.73. The molecule has 210 valence electrons. The first-order chi connectivity index (χ1) is 19.0. The first-order valence-electron chi connectivity index (χ1n) is 12.7. The van der Waals surface area contributed by atoms with Gasteiger partial charge in [-0.2, -0.15) is 13.2 Å². The molecule has 0 radical (unpaired) electrons. The van der Waals surface area contributed by atoms with Crippen molar-refractivity contribution in [3.63, 3.8) is 0 Å². The average Bonchev–Trinajstić information content (AvgIpc) is 3.35. The van der Waals surface area contributed by atoms with Crippen molar-refractivity contribution in [2.75, 3.05) is 44.7 Å². The Morgan fingerprint density at radius 3 is 2.25 bits per heavy atom. The topological polar surface area (TPSA) is 61.7 Å². The number of anilines is 1. The first kappa shape index (κ1) is 27.5. The van der Waals surface area contributed by atoms with Crippen LogP contribution in [0.4, 0.5) is 27.6 Å². The fourth-order valence-corrected chi connectivity index (χ4v) is 4.96. The maximum atomic E-state index is 15.5. The van der Waals surface area contributed by atoms with Gasteiger partial charge in [-0.15, -0.1) is 0 Å². The number of amides is 2. The number of piperazine rings is 1. The highest BCUT2D eigenvalue weighted by molar-refractivity contribution is 6.08. The summed E-state index contributed by atoms with van der Waals surface area (Å²) >= 11 is 0. The Morgan fingerprint density at radius 1 is 0.925 bits per heavy atom. The van der Waals surface area contributed by atoms with Crippen LogP contribution in [0.1, 0.15) is 28.2 Å². The monoisotopic (exact) mass is 559 g/mol. The second-order valence-corrected chi connectivity index (χ2v) is 9.76. The zero-order valence-corrected chi connectivity index (χ0v) is 21.5. The number of rotatable bonds is 3. The molecule has 0 spiro atoms. The number of para-hydroxylation sites is 2. The molecule has 7 nitrogen and oxygen atoms in total. The van der Waals surface area contributed by atoms with E-state index in [1.165, 1.54) is 41.3 Å². The SMILES string of the molecule is CN1CCN(C(=O)/C=C2/c3ccccc3N(C(=O)c3ncn(-c4ccccc4)c3C(F)(F)F)CCC2(F)F)CC1. The Morgan fingerprint density at radius 2 is 1.57 bits per heavy atom. The van der Waals surface area contributed by atoms with Gasteiger partial charge in [-0.25, -0.2) is 13.8 Å². The highest BCUT2D eigenvalue weighted by Gasteiger charge is 2.45. The lowest BCUT2D eigenvalue weighted by Gasteiger charge is -2.32. The normalized spacial score (nSPS) is 18.9. The minimum absolute atomic E-state index is 0.0236. The minimum Gasteiger partial charge on any atom is -0.337 e. The molecule has 3 aromatic rings. The van der Waals surface area contributed by atoms with Crippen molar-refractivity contribution in [2.24, 2.45) is 0 Å². The number of carbonyl (C=O) groups is 2. The van der Waals surface area contributed by atoms with Crippen LogP contribution < -0.4 is 4.90 Å². The van der Waals surface area contributed by atoms with Crippen LogP contribution in [0.25, 0.3) is 11.3 Å². The number of allylic oxidation sites excluding steroid dienone is 1. The van der Waals surface area contributed by atoms with E-state index in [2.05, 4.69) is 4.98 Å². The van der Waals surface area contributed by atoms with Gasteiger partial charge in [-0.3, -0.25) is 14.2 Å². The molecule has 1 fully saturated rings. The third-order valence-corrected chi connectivity index (χ3v) is 7.13. The van der Waals surface area contributed by atoms with Gasteiger partial charge in [0.1, 0.15) is 6.33 Å². The van der Waals surface area contributed by atoms with Gasteiger partial charge >= 0.3 is 6.18 Å². The second kappa shape index (κ2) is 10.5. The number of carbonyl (C=O) groups excluding carboxylic acids is 2. The van der Waals surface area contributed by atoms with Crippen molar-refractivity contribution in [1.29, 1.82) is 0 Å². The van der Waals surface area contributed by atoms with Crippen LogP contribution in [0.5, 0.6) is 0 Å². The molecule has 0 aliphatic carbocycles. The van der Waals surface area contributed by atoms with E-state index in [-0.39, 0.29) is 16.9 Å². The standard InChI is InChI=1S/C28H26F5N5O2/c1-35-13-15-36(16-14-35)23(39)17-21-20-9-5-6-10-22(20)37(12-11-27(21,29)30)26(40)24-25(28(31,32)33)38(18-34-24)19-7-3-2-4-8-19/h2-10,17-18H,11-16H2,1H3/b21-17-. The summed E-state index contributed by atoms with van der Waals surface area (Å²) in [5.41, 5.74) is -2.78. The van der Waals surface area contributed by atoms with Crippen LogP contribution in [0.3, 0.4) is 0 Å².